The zero-order valence-electron chi connectivity index (χ0n) is 14.5. The maximum atomic E-state index is 6.46. The highest BCUT2D eigenvalue weighted by Gasteiger charge is 2.13. The van der Waals surface area contributed by atoms with Crippen LogP contribution in [-0.4, -0.2) is 39.9 Å². The predicted octanol–water partition coefficient (Wildman–Crippen LogP) is 2.79. The van der Waals surface area contributed by atoms with E-state index in [0.717, 1.165) is 0 Å². The molecule has 1 aliphatic rings. The van der Waals surface area contributed by atoms with Gasteiger partial charge in [0, 0.05) is 18.2 Å². The topological polar surface area (TPSA) is 151 Å². The first-order chi connectivity index (χ1) is 14.2. The summed E-state index contributed by atoms with van der Waals surface area (Å²) >= 11 is 6.46. The molecule has 13 heteroatoms. The van der Waals surface area contributed by atoms with Gasteiger partial charge in [-0.15, -0.1) is 0 Å². The van der Waals surface area contributed by atoms with Crippen LogP contribution < -0.4 is 21.3 Å². The first kappa shape index (κ1) is 16.9. The summed E-state index contributed by atoms with van der Waals surface area (Å²) in [5.74, 6) is 3.83. The molecule has 0 aliphatic carbocycles. The lowest BCUT2D eigenvalue weighted by Crippen LogP contribution is -2.05. The fourth-order valence-electron chi connectivity index (χ4n) is 2.53. The largest absolute Gasteiger partial charge is 0.325 e. The van der Waals surface area contributed by atoms with E-state index in [2.05, 4.69) is 61.1 Å². The molecule has 0 atom stereocenters. The summed E-state index contributed by atoms with van der Waals surface area (Å²) in [6.45, 7) is 0. The van der Waals surface area contributed by atoms with E-state index in [1.807, 2.05) is 0 Å². The average molecular weight is 407 g/mol. The number of aromatic nitrogens is 8. The molecule has 5 heterocycles. The van der Waals surface area contributed by atoms with Crippen LogP contribution in [0.25, 0.3) is 0 Å². The van der Waals surface area contributed by atoms with Gasteiger partial charge in [-0.1, -0.05) is 11.6 Å². The summed E-state index contributed by atoms with van der Waals surface area (Å²) < 4.78 is 0. The number of hydrogen-bond donors (Lipinski definition) is 4. The molecular weight excluding hydrogens is 396 g/mol. The van der Waals surface area contributed by atoms with Gasteiger partial charge < -0.3 is 21.3 Å². The van der Waals surface area contributed by atoms with Crippen LogP contribution in [-0.2, 0) is 0 Å². The minimum absolute atomic E-state index is 0.273. The molecule has 12 nitrogen and oxygen atoms in total. The number of halogens is 1. The Morgan fingerprint density at radius 2 is 0.759 bits per heavy atom. The van der Waals surface area contributed by atoms with Gasteiger partial charge in [0.25, 0.3) is 0 Å². The van der Waals surface area contributed by atoms with Crippen molar-refractivity contribution in [3.63, 3.8) is 0 Å². The summed E-state index contributed by atoms with van der Waals surface area (Å²) in [6, 6.07) is 5.11. The summed E-state index contributed by atoms with van der Waals surface area (Å²) in [4.78, 5) is 33.5. The third-order valence-corrected chi connectivity index (χ3v) is 4.15. The van der Waals surface area contributed by atoms with Crippen LogP contribution in [0, 0.1) is 0 Å². The van der Waals surface area contributed by atoms with Crippen LogP contribution in [0.1, 0.15) is 0 Å². The molecule has 0 radical (unpaired) electrons. The van der Waals surface area contributed by atoms with Crippen molar-refractivity contribution < 1.29 is 0 Å². The van der Waals surface area contributed by atoms with Crippen LogP contribution >= 0.6 is 11.6 Å². The molecule has 0 saturated carbocycles. The third-order valence-electron chi connectivity index (χ3n) is 3.80. The van der Waals surface area contributed by atoms with Crippen molar-refractivity contribution in [2.75, 3.05) is 21.3 Å². The fourth-order valence-corrected chi connectivity index (χ4v) is 2.72. The Morgan fingerprint density at radius 3 is 1.14 bits per heavy atom. The monoisotopic (exact) mass is 406 g/mol. The zero-order valence-corrected chi connectivity index (χ0v) is 15.3. The van der Waals surface area contributed by atoms with Crippen LogP contribution in [0.5, 0.6) is 0 Å². The second-order valence-corrected chi connectivity index (χ2v) is 6.13. The van der Waals surface area contributed by atoms with Crippen molar-refractivity contribution in [2.24, 2.45) is 0 Å². The Balaban J connectivity index is 1.63. The minimum atomic E-state index is 0.273. The van der Waals surface area contributed by atoms with Gasteiger partial charge in [0.2, 0.25) is 0 Å². The van der Waals surface area contributed by atoms with Gasteiger partial charge in [-0.05, 0) is 0 Å². The van der Waals surface area contributed by atoms with E-state index in [4.69, 9.17) is 11.6 Å². The molecule has 0 saturated heterocycles. The standard InChI is InChI=1S/C16H11ClN12/c17-14-15-24-7-25-16(14)29-13-3-11(21-6-23-13)27-9-1-8(18-4-19-9)26-10-2-12(28-15)22-5-20-10/h1-7H,(H4,18,19,20,21,22,23,24,25,26,27,28,29). The van der Waals surface area contributed by atoms with Crippen LogP contribution in [0.3, 0.4) is 0 Å². The lowest BCUT2D eigenvalue weighted by atomic mass is 10.4. The highest BCUT2D eigenvalue weighted by molar-refractivity contribution is 6.35. The van der Waals surface area contributed by atoms with Gasteiger partial charge >= 0.3 is 0 Å². The van der Waals surface area contributed by atoms with Gasteiger partial charge in [0.05, 0.1) is 0 Å². The Hall–Kier alpha value is -4.19. The number of fused-ring (bicyclic) bond motifs is 8. The first-order valence-corrected chi connectivity index (χ1v) is 8.65. The molecule has 4 aromatic rings. The van der Waals surface area contributed by atoms with Crippen LogP contribution in [0.2, 0.25) is 5.02 Å². The molecule has 0 aromatic carbocycles. The van der Waals surface area contributed by atoms with Crippen molar-refractivity contribution in [2.45, 2.75) is 0 Å². The van der Waals surface area contributed by atoms with E-state index < -0.39 is 0 Å². The Labute approximate surface area is 168 Å². The molecule has 1 aliphatic heterocycles. The second-order valence-electron chi connectivity index (χ2n) is 5.75. The van der Waals surface area contributed by atoms with Crippen molar-refractivity contribution in [1.29, 1.82) is 0 Å². The van der Waals surface area contributed by atoms with Gasteiger partial charge in [0.15, 0.2) is 11.6 Å². The van der Waals surface area contributed by atoms with Crippen LogP contribution in [0.4, 0.5) is 46.5 Å². The lowest BCUT2D eigenvalue weighted by molar-refractivity contribution is 1.10. The van der Waals surface area contributed by atoms with Gasteiger partial charge in [0.1, 0.15) is 65.2 Å². The maximum absolute atomic E-state index is 6.46. The summed E-state index contributed by atoms with van der Waals surface area (Å²) in [7, 11) is 0. The Bertz CT molecular complexity index is 1110. The number of nitrogens with zero attached hydrogens (tertiary/aromatic N) is 8. The third kappa shape index (κ3) is 3.64. The van der Waals surface area contributed by atoms with Crippen molar-refractivity contribution in [3.05, 3.63) is 48.5 Å². The molecule has 0 fully saturated rings. The van der Waals surface area contributed by atoms with E-state index >= 15 is 0 Å². The molecule has 142 valence electrons. The maximum Gasteiger partial charge on any atom is 0.156 e. The van der Waals surface area contributed by atoms with Gasteiger partial charge in [-0.3, -0.25) is 0 Å². The van der Waals surface area contributed by atoms with E-state index in [1.54, 1.807) is 18.2 Å². The molecule has 0 spiro atoms. The molecule has 8 bridgehead atoms. The number of nitrogens with one attached hydrogen (secondary N) is 4. The van der Waals surface area contributed by atoms with E-state index in [9.17, 15) is 0 Å². The molecule has 5 rings (SSSR count). The lowest BCUT2D eigenvalue weighted by Gasteiger charge is -2.13. The summed E-state index contributed by atoms with van der Waals surface area (Å²) in [5, 5.41) is 12.6. The summed E-state index contributed by atoms with van der Waals surface area (Å²) in [6.07, 6.45) is 5.61. The fraction of sp³-hybridized carbons (Fsp3) is 0. The quantitative estimate of drug-likeness (QED) is 0.299. The molecule has 0 amide bonds. The first-order valence-electron chi connectivity index (χ1n) is 8.28. The highest BCUT2D eigenvalue weighted by atomic mass is 35.5. The van der Waals surface area contributed by atoms with Crippen LogP contribution in [0.15, 0.2) is 43.5 Å². The normalized spacial score (nSPS) is 12.0. The molecule has 4 N–H and O–H groups in total. The van der Waals surface area contributed by atoms with Crippen molar-refractivity contribution in [3.8, 4) is 0 Å². The Morgan fingerprint density at radius 1 is 0.448 bits per heavy atom. The smallest absolute Gasteiger partial charge is 0.156 e. The SMILES string of the molecule is Clc1c2ncnc1Nc1cc(ncn1)Nc1cc(ncn1)Nc1cc(ncn1)N2. The molecular formula is C16H11ClN12. The van der Waals surface area contributed by atoms with Gasteiger partial charge in [-0.25, -0.2) is 39.9 Å². The number of anilines is 8. The number of hydrogen-bond acceptors (Lipinski definition) is 12. The molecule has 4 aromatic heterocycles. The molecule has 29 heavy (non-hydrogen) atoms. The predicted molar refractivity (Wildman–Crippen MR) is 106 cm³/mol. The van der Waals surface area contributed by atoms with E-state index in [-0.39, 0.29) is 5.02 Å². The zero-order chi connectivity index (χ0) is 19.6. The Kier molecular flexibility index (Phi) is 4.14. The minimum Gasteiger partial charge on any atom is -0.325 e. The van der Waals surface area contributed by atoms with Crippen molar-refractivity contribution >= 4 is 58.1 Å². The highest BCUT2D eigenvalue weighted by Crippen LogP contribution is 2.30. The van der Waals surface area contributed by atoms with E-state index in [0.29, 0.717) is 46.5 Å². The van der Waals surface area contributed by atoms with Gasteiger partial charge in [-0.2, -0.15) is 0 Å². The average Bonchev–Trinajstić information content (AvgIpc) is 2.71. The molecule has 0 unspecified atom stereocenters. The van der Waals surface area contributed by atoms with E-state index in [1.165, 1.54) is 25.3 Å². The second kappa shape index (κ2) is 7.09. The summed E-state index contributed by atoms with van der Waals surface area (Å²) in [5.41, 5.74) is 0. The van der Waals surface area contributed by atoms with Crippen molar-refractivity contribution in [1.82, 2.24) is 39.9 Å². The number of rotatable bonds is 0.